The van der Waals surface area contributed by atoms with Crippen LogP contribution in [0.1, 0.15) is 6.42 Å². The van der Waals surface area contributed by atoms with Crippen molar-refractivity contribution in [3.63, 3.8) is 0 Å². The first-order valence-corrected chi connectivity index (χ1v) is 7.22. The van der Waals surface area contributed by atoms with Crippen LogP contribution in [0.2, 0.25) is 0 Å². The molecule has 8 nitrogen and oxygen atoms in total. The molecule has 0 radical (unpaired) electrons. The molecular formula is C15H17N3O5. The van der Waals surface area contributed by atoms with Crippen LogP contribution in [-0.4, -0.2) is 39.8 Å². The van der Waals surface area contributed by atoms with Crippen molar-refractivity contribution in [2.24, 2.45) is 23.5 Å². The molecule has 0 aliphatic heterocycles. The molecule has 1 aromatic carbocycles. The van der Waals surface area contributed by atoms with Gasteiger partial charge in [0, 0.05) is 17.6 Å². The number of rotatable bonds is 4. The van der Waals surface area contributed by atoms with Crippen LogP contribution in [0.4, 0.5) is 10.5 Å². The van der Waals surface area contributed by atoms with Crippen molar-refractivity contribution in [2.45, 2.75) is 18.0 Å². The van der Waals surface area contributed by atoms with Crippen LogP contribution in [0.3, 0.4) is 0 Å². The number of hydrogen-bond donors (Lipinski definition) is 5. The second-order valence-electron chi connectivity index (χ2n) is 6.09. The van der Waals surface area contributed by atoms with Gasteiger partial charge in [0.15, 0.2) is 0 Å². The third-order valence-corrected chi connectivity index (χ3v) is 4.72. The number of fused-ring (bicyclic) bond motifs is 1. The van der Waals surface area contributed by atoms with Gasteiger partial charge in [-0.2, -0.15) is 0 Å². The highest BCUT2D eigenvalue weighted by Gasteiger charge is 2.74. The number of hydrogen-bond acceptors (Lipinski definition) is 4. The Balaban J connectivity index is 1.70. The molecule has 1 unspecified atom stereocenters. The summed E-state index contributed by atoms with van der Waals surface area (Å²) in [4.78, 5) is 34.7. The van der Waals surface area contributed by atoms with E-state index in [1.54, 1.807) is 24.3 Å². The molecule has 122 valence electrons. The van der Waals surface area contributed by atoms with E-state index in [0.29, 0.717) is 5.69 Å². The first kappa shape index (κ1) is 15.3. The van der Waals surface area contributed by atoms with E-state index in [2.05, 4.69) is 10.6 Å². The van der Waals surface area contributed by atoms with Crippen molar-refractivity contribution in [1.29, 1.82) is 0 Å². The molecule has 8 heteroatoms. The van der Waals surface area contributed by atoms with Gasteiger partial charge in [-0.15, -0.1) is 0 Å². The van der Waals surface area contributed by atoms with Crippen LogP contribution in [0, 0.1) is 17.8 Å². The smallest absolute Gasteiger partial charge is 0.324 e. The van der Waals surface area contributed by atoms with Crippen LogP contribution >= 0.6 is 0 Å². The summed E-state index contributed by atoms with van der Waals surface area (Å²) < 4.78 is 0. The van der Waals surface area contributed by atoms with Gasteiger partial charge in [0.25, 0.3) is 0 Å². The Bertz CT molecular complexity index is 664. The van der Waals surface area contributed by atoms with Crippen molar-refractivity contribution >= 4 is 23.7 Å². The Kier molecular flexibility index (Phi) is 3.48. The number of para-hydroxylation sites is 1. The number of urea groups is 1. The molecule has 3 rings (SSSR count). The lowest BCUT2D eigenvalue weighted by Crippen LogP contribution is -2.52. The van der Waals surface area contributed by atoms with E-state index in [1.807, 2.05) is 6.07 Å². The summed E-state index contributed by atoms with van der Waals surface area (Å²) in [6.45, 7) is 0. The fourth-order valence-corrected chi connectivity index (χ4v) is 3.69. The average Bonchev–Trinajstić information content (AvgIpc) is 3.17. The normalized spacial score (nSPS) is 34.3. The molecule has 2 aliphatic rings. The minimum absolute atomic E-state index is 0.0175. The first-order valence-electron chi connectivity index (χ1n) is 7.22. The zero-order chi connectivity index (χ0) is 16.8. The monoisotopic (exact) mass is 319 g/mol. The minimum atomic E-state index is -1.61. The van der Waals surface area contributed by atoms with Gasteiger partial charge in [-0.25, -0.2) is 4.79 Å². The molecule has 23 heavy (non-hydrogen) atoms. The largest absolute Gasteiger partial charge is 0.481 e. The Morgan fingerprint density at radius 2 is 1.83 bits per heavy atom. The quantitative estimate of drug-likeness (QED) is 0.540. The van der Waals surface area contributed by atoms with E-state index in [0.717, 1.165) is 0 Å². The summed E-state index contributed by atoms with van der Waals surface area (Å²) in [7, 11) is 0. The molecule has 5 atom stereocenters. The molecule has 0 heterocycles. The average molecular weight is 319 g/mol. The van der Waals surface area contributed by atoms with Gasteiger partial charge >= 0.3 is 18.0 Å². The van der Waals surface area contributed by atoms with Crippen LogP contribution in [0.25, 0.3) is 0 Å². The number of nitrogens with one attached hydrogen (secondary N) is 2. The third-order valence-electron chi connectivity index (χ3n) is 4.72. The second kappa shape index (κ2) is 5.24. The lowest BCUT2D eigenvalue weighted by atomic mass is 9.90. The van der Waals surface area contributed by atoms with Crippen LogP contribution in [-0.2, 0) is 9.59 Å². The van der Waals surface area contributed by atoms with E-state index in [1.165, 1.54) is 0 Å². The number of carbonyl (C=O) groups is 3. The molecule has 1 aromatic rings. The number of aliphatic carboxylic acids is 2. The third kappa shape index (κ3) is 2.50. The fourth-order valence-electron chi connectivity index (χ4n) is 3.69. The second-order valence-corrected chi connectivity index (χ2v) is 6.09. The van der Waals surface area contributed by atoms with E-state index >= 15 is 0 Å². The zero-order valence-corrected chi connectivity index (χ0v) is 12.1. The number of carboxylic acids is 2. The molecule has 6 N–H and O–H groups in total. The summed E-state index contributed by atoms with van der Waals surface area (Å²) in [6, 6.07) is 7.66. The highest BCUT2D eigenvalue weighted by Crippen LogP contribution is 2.61. The number of nitrogens with two attached hydrogens (primary N) is 1. The molecule has 0 aromatic heterocycles. The lowest BCUT2D eigenvalue weighted by molar-refractivity contribution is -0.145. The van der Waals surface area contributed by atoms with Crippen molar-refractivity contribution in [3.05, 3.63) is 30.3 Å². The highest BCUT2D eigenvalue weighted by atomic mass is 16.4. The lowest BCUT2D eigenvalue weighted by Gasteiger charge is -2.25. The molecule has 0 bridgehead atoms. The number of benzene rings is 1. The van der Waals surface area contributed by atoms with Gasteiger partial charge in [-0.05, 0) is 24.5 Å². The van der Waals surface area contributed by atoms with E-state index in [9.17, 15) is 24.6 Å². The van der Waals surface area contributed by atoms with Crippen molar-refractivity contribution in [1.82, 2.24) is 5.32 Å². The maximum atomic E-state index is 12.0. The standard InChI is InChI=1S/C15H17N3O5/c16-15(13(21)22)6-8(9-10(11(9)15)12(19)20)18-14(23)17-7-4-2-1-3-5-7/h1-5,8-11H,6,16H2,(H,19,20)(H,21,22)(H2,17,18,23)/t8-,9?,10-,11-,15-/m0/s1. The van der Waals surface area contributed by atoms with Gasteiger partial charge in [0.2, 0.25) is 0 Å². The predicted octanol–water partition coefficient (Wildman–Crippen LogP) is 0.309. The summed E-state index contributed by atoms with van der Waals surface area (Å²) in [5, 5.41) is 23.8. The van der Waals surface area contributed by atoms with E-state index < -0.39 is 47.3 Å². The molecule has 2 amide bonds. The zero-order valence-electron chi connectivity index (χ0n) is 12.1. The van der Waals surface area contributed by atoms with Crippen LogP contribution in [0.5, 0.6) is 0 Å². The molecular weight excluding hydrogens is 302 g/mol. The maximum Gasteiger partial charge on any atom is 0.324 e. The molecule has 0 spiro atoms. The summed E-state index contributed by atoms with van der Waals surface area (Å²) in [5.41, 5.74) is 4.87. The predicted molar refractivity (Wildman–Crippen MR) is 79.7 cm³/mol. The number of amides is 2. The minimum Gasteiger partial charge on any atom is -0.481 e. The Hall–Kier alpha value is -2.61. The van der Waals surface area contributed by atoms with Gasteiger partial charge in [0.1, 0.15) is 5.54 Å². The highest BCUT2D eigenvalue weighted by molar-refractivity contribution is 5.90. The van der Waals surface area contributed by atoms with Crippen molar-refractivity contribution in [2.75, 3.05) is 5.32 Å². The Labute approximate surface area is 131 Å². The van der Waals surface area contributed by atoms with Gasteiger partial charge in [-0.1, -0.05) is 18.2 Å². The summed E-state index contributed by atoms with van der Waals surface area (Å²) >= 11 is 0. The Morgan fingerprint density at radius 3 is 2.39 bits per heavy atom. The SMILES string of the molecule is N[C@@]1(C(=O)O)C[C@H](NC(=O)Nc2ccccc2)C2[C@H](C(=O)O)[C@H]21. The Morgan fingerprint density at radius 1 is 1.17 bits per heavy atom. The number of anilines is 1. The van der Waals surface area contributed by atoms with Crippen molar-refractivity contribution in [3.8, 4) is 0 Å². The van der Waals surface area contributed by atoms with Crippen molar-refractivity contribution < 1.29 is 24.6 Å². The van der Waals surface area contributed by atoms with Gasteiger partial charge in [-0.3, -0.25) is 9.59 Å². The van der Waals surface area contributed by atoms with Crippen LogP contribution < -0.4 is 16.4 Å². The molecule has 0 saturated heterocycles. The molecule has 2 aliphatic carbocycles. The first-order chi connectivity index (χ1) is 10.8. The van der Waals surface area contributed by atoms with Gasteiger partial charge in [0.05, 0.1) is 5.92 Å². The topological polar surface area (TPSA) is 142 Å². The fraction of sp³-hybridized carbons (Fsp3) is 0.400. The summed E-state index contributed by atoms with van der Waals surface area (Å²) in [5.74, 6) is -4.24. The van der Waals surface area contributed by atoms with Crippen LogP contribution in [0.15, 0.2) is 30.3 Å². The summed E-state index contributed by atoms with van der Waals surface area (Å²) in [6.07, 6.45) is 0.0175. The van der Waals surface area contributed by atoms with E-state index in [4.69, 9.17) is 5.73 Å². The molecule has 2 saturated carbocycles. The maximum absolute atomic E-state index is 12.0. The number of carbonyl (C=O) groups excluding carboxylic acids is 1. The molecule has 2 fully saturated rings. The van der Waals surface area contributed by atoms with Gasteiger partial charge < -0.3 is 26.6 Å². The van der Waals surface area contributed by atoms with E-state index in [-0.39, 0.29) is 6.42 Å². The number of carboxylic acid groups (broad SMARTS) is 2.